The molecule has 1 heterocycles. The molecular weight excluding hydrogens is 240 g/mol. The predicted molar refractivity (Wildman–Crippen MR) is 73.9 cm³/mol. The van der Waals surface area contributed by atoms with E-state index in [0.717, 1.165) is 29.5 Å². The molecule has 0 radical (unpaired) electrons. The Balaban J connectivity index is 1.68. The summed E-state index contributed by atoms with van der Waals surface area (Å²) >= 11 is 0. The van der Waals surface area contributed by atoms with Crippen LogP contribution in [0.15, 0.2) is 41.3 Å². The number of oxazole rings is 1. The average Bonchev–Trinajstić information content (AvgIpc) is 3.14. The standard InChI is InChI=1S/C15H18N2O2/c1-18-9-14(11-2-3-11)17-13-6-4-12(5-7-13)15-8-16-10-19-15/h4-8,10-11,14,17H,2-3,9H2,1H3. The maximum Gasteiger partial charge on any atom is 0.181 e. The molecule has 1 aromatic heterocycles. The Morgan fingerprint density at radius 1 is 1.37 bits per heavy atom. The van der Waals surface area contributed by atoms with Crippen molar-refractivity contribution in [2.45, 2.75) is 18.9 Å². The van der Waals surface area contributed by atoms with Gasteiger partial charge in [-0.25, -0.2) is 4.98 Å². The third-order valence-electron chi connectivity index (χ3n) is 3.49. The summed E-state index contributed by atoms with van der Waals surface area (Å²) in [5, 5.41) is 3.54. The fourth-order valence-corrected chi connectivity index (χ4v) is 2.28. The second-order valence-electron chi connectivity index (χ2n) is 4.99. The van der Waals surface area contributed by atoms with Gasteiger partial charge in [0.05, 0.1) is 18.8 Å². The van der Waals surface area contributed by atoms with Gasteiger partial charge >= 0.3 is 0 Å². The van der Waals surface area contributed by atoms with Crippen molar-refractivity contribution in [1.29, 1.82) is 0 Å². The topological polar surface area (TPSA) is 47.3 Å². The second kappa shape index (κ2) is 5.45. The number of nitrogens with zero attached hydrogens (tertiary/aromatic N) is 1. The lowest BCUT2D eigenvalue weighted by Crippen LogP contribution is -2.27. The summed E-state index contributed by atoms with van der Waals surface area (Å²) in [5.41, 5.74) is 2.16. The van der Waals surface area contributed by atoms with Crippen LogP contribution in [0.2, 0.25) is 0 Å². The minimum absolute atomic E-state index is 0.418. The van der Waals surface area contributed by atoms with E-state index in [1.165, 1.54) is 19.2 Å². The number of nitrogens with one attached hydrogen (secondary N) is 1. The van der Waals surface area contributed by atoms with Crippen LogP contribution in [0.5, 0.6) is 0 Å². The van der Waals surface area contributed by atoms with E-state index < -0.39 is 0 Å². The first-order valence-corrected chi connectivity index (χ1v) is 6.61. The molecule has 3 rings (SSSR count). The largest absolute Gasteiger partial charge is 0.444 e. The summed E-state index contributed by atoms with van der Waals surface area (Å²) in [5.74, 6) is 1.55. The molecule has 1 aliphatic carbocycles. The minimum Gasteiger partial charge on any atom is -0.444 e. The smallest absolute Gasteiger partial charge is 0.181 e. The fourth-order valence-electron chi connectivity index (χ4n) is 2.28. The van der Waals surface area contributed by atoms with Crippen LogP contribution in [-0.4, -0.2) is 24.7 Å². The van der Waals surface area contributed by atoms with Gasteiger partial charge in [0.25, 0.3) is 0 Å². The van der Waals surface area contributed by atoms with Gasteiger partial charge in [0.15, 0.2) is 12.2 Å². The van der Waals surface area contributed by atoms with E-state index in [0.29, 0.717) is 6.04 Å². The van der Waals surface area contributed by atoms with Gasteiger partial charge in [-0.2, -0.15) is 0 Å². The zero-order valence-electron chi connectivity index (χ0n) is 11.0. The molecule has 4 heteroatoms. The third-order valence-corrected chi connectivity index (χ3v) is 3.49. The Morgan fingerprint density at radius 3 is 2.74 bits per heavy atom. The summed E-state index contributed by atoms with van der Waals surface area (Å²) in [4.78, 5) is 3.93. The molecule has 0 bridgehead atoms. The lowest BCUT2D eigenvalue weighted by Gasteiger charge is -2.18. The number of hydrogen-bond acceptors (Lipinski definition) is 4. The van der Waals surface area contributed by atoms with Crippen LogP contribution in [-0.2, 0) is 4.74 Å². The summed E-state index contributed by atoms with van der Waals surface area (Å²) in [7, 11) is 1.75. The summed E-state index contributed by atoms with van der Waals surface area (Å²) in [6.07, 6.45) is 5.78. The number of aromatic nitrogens is 1. The van der Waals surface area contributed by atoms with E-state index in [1.807, 2.05) is 12.1 Å². The molecule has 1 aliphatic rings. The van der Waals surface area contributed by atoms with Crippen LogP contribution in [0.4, 0.5) is 5.69 Å². The number of hydrogen-bond donors (Lipinski definition) is 1. The molecule has 4 nitrogen and oxygen atoms in total. The van der Waals surface area contributed by atoms with E-state index in [-0.39, 0.29) is 0 Å². The van der Waals surface area contributed by atoms with Gasteiger partial charge in [-0.05, 0) is 43.0 Å². The quantitative estimate of drug-likeness (QED) is 0.864. The van der Waals surface area contributed by atoms with Crippen molar-refractivity contribution in [3.05, 3.63) is 36.9 Å². The molecule has 1 saturated carbocycles. The van der Waals surface area contributed by atoms with Crippen molar-refractivity contribution in [3.63, 3.8) is 0 Å². The SMILES string of the molecule is COCC(Nc1ccc(-c2cnco2)cc1)C1CC1. The highest BCUT2D eigenvalue weighted by Gasteiger charge is 2.30. The Labute approximate surface area is 112 Å². The van der Waals surface area contributed by atoms with Gasteiger partial charge in [-0.3, -0.25) is 0 Å². The number of methoxy groups -OCH3 is 1. The van der Waals surface area contributed by atoms with E-state index in [2.05, 4.69) is 22.4 Å². The molecule has 0 spiro atoms. The molecule has 1 fully saturated rings. The monoisotopic (exact) mass is 258 g/mol. The molecule has 0 saturated heterocycles. The van der Waals surface area contributed by atoms with Gasteiger partial charge in [-0.15, -0.1) is 0 Å². The zero-order valence-corrected chi connectivity index (χ0v) is 11.0. The molecule has 0 amide bonds. The van der Waals surface area contributed by atoms with E-state index in [4.69, 9.17) is 9.15 Å². The molecular formula is C15H18N2O2. The minimum atomic E-state index is 0.418. The first-order valence-electron chi connectivity index (χ1n) is 6.61. The van der Waals surface area contributed by atoms with Crippen molar-refractivity contribution in [2.75, 3.05) is 19.0 Å². The normalized spacial score (nSPS) is 16.3. The zero-order chi connectivity index (χ0) is 13.1. The van der Waals surface area contributed by atoms with E-state index in [9.17, 15) is 0 Å². The first kappa shape index (κ1) is 12.2. The number of rotatable bonds is 6. The lowest BCUT2D eigenvalue weighted by molar-refractivity contribution is 0.179. The van der Waals surface area contributed by atoms with Gasteiger partial charge < -0.3 is 14.5 Å². The highest BCUT2D eigenvalue weighted by atomic mass is 16.5. The van der Waals surface area contributed by atoms with Crippen LogP contribution in [0.3, 0.4) is 0 Å². The molecule has 1 unspecified atom stereocenters. The third kappa shape index (κ3) is 2.96. The Kier molecular flexibility index (Phi) is 3.51. The molecule has 1 atom stereocenters. The van der Waals surface area contributed by atoms with Crippen LogP contribution >= 0.6 is 0 Å². The van der Waals surface area contributed by atoms with Crippen molar-refractivity contribution in [2.24, 2.45) is 5.92 Å². The van der Waals surface area contributed by atoms with Gasteiger partial charge in [-0.1, -0.05) is 0 Å². The fraction of sp³-hybridized carbons (Fsp3) is 0.400. The molecule has 1 N–H and O–H groups in total. The van der Waals surface area contributed by atoms with Gasteiger partial charge in [0, 0.05) is 18.4 Å². The van der Waals surface area contributed by atoms with Crippen LogP contribution in [0, 0.1) is 5.92 Å². The first-order chi connectivity index (χ1) is 9.36. The van der Waals surface area contributed by atoms with Crippen LogP contribution < -0.4 is 5.32 Å². The second-order valence-corrected chi connectivity index (χ2v) is 4.99. The maximum atomic E-state index is 5.28. The molecule has 1 aromatic carbocycles. The Hall–Kier alpha value is -1.81. The highest BCUT2D eigenvalue weighted by molar-refractivity contribution is 5.60. The summed E-state index contributed by atoms with van der Waals surface area (Å²) in [6.45, 7) is 0.758. The molecule has 19 heavy (non-hydrogen) atoms. The van der Waals surface area contributed by atoms with Crippen molar-refractivity contribution in [1.82, 2.24) is 4.98 Å². The van der Waals surface area contributed by atoms with E-state index >= 15 is 0 Å². The molecule has 100 valence electrons. The summed E-state index contributed by atoms with van der Waals surface area (Å²) in [6, 6.07) is 8.64. The van der Waals surface area contributed by atoms with Crippen LogP contribution in [0.25, 0.3) is 11.3 Å². The molecule has 0 aliphatic heterocycles. The van der Waals surface area contributed by atoms with Gasteiger partial charge in [0.1, 0.15) is 0 Å². The number of ether oxygens (including phenoxy) is 1. The summed E-state index contributed by atoms with van der Waals surface area (Å²) < 4.78 is 10.6. The van der Waals surface area contributed by atoms with Crippen LogP contribution in [0.1, 0.15) is 12.8 Å². The predicted octanol–water partition coefficient (Wildman–Crippen LogP) is 3.18. The lowest BCUT2D eigenvalue weighted by atomic mass is 10.1. The Bertz CT molecular complexity index is 503. The Morgan fingerprint density at radius 2 is 2.16 bits per heavy atom. The number of anilines is 1. The van der Waals surface area contributed by atoms with Gasteiger partial charge in [0.2, 0.25) is 0 Å². The average molecular weight is 258 g/mol. The highest BCUT2D eigenvalue weighted by Crippen LogP contribution is 2.34. The van der Waals surface area contributed by atoms with Crippen molar-refractivity contribution < 1.29 is 9.15 Å². The van der Waals surface area contributed by atoms with Crippen molar-refractivity contribution in [3.8, 4) is 11.3 Å². The number of benzene rings is 1. The van der Waals surface area contributed by atoms with Crippen molar-refractivity contribution >= 4 is 5.69 Å². The van der Waals surface area contributed by atoms with E-state index in [1.54, 1.807) is 13.3 Å². The molecule has 2 aromatic rings. The maximum absolute atomic E-state index is 5.28.